The Balaban J connectivity index is 1.53. The van der Waals surface area contributed by atoms with Gasteiger partial charge in [-0.1, -0.05) is 6.92 Å². The third-order valence-corrected chi connectivity index (χ3v) is 6.59. The minimum Gasteiger partial charge on any atom is -0.455 e. The molecule has 4 heterocycles. The number of fused-ring (bicyclic) bond motifs is 2. The Kier molecular flexibility index (Phi) is 4.83. The van der Waals surface area contributed by atoms with E-state index in [0.717, 1.165) is 40.7 Å². The standard InChI is InChI=1S/C25H30N6O2/c1-13-21-15(23(32)33-25(13,4)5)8-9-19(31-21)30-20-10-16-17(11-27-20)22(29-14-6-7-14)28-12-18(16)24(2,3)26/h8-14H,6-7,26H2,1-5H3,(H,28,29)(H,27,30,31)/t13-/m1/s1. The minimum atomic E-state index is -0.615. The van der Waals surface area contributed by atoms with Crippen LogP contribution in [0.4, 0.5) is 17.5 Å². The molecule has 3 aromatic heterocycles. The largest absolute Gasteiger partial charge is 0.455 e. The van der Waals surface area contributed by atoms with E-state index in [1.165, 1.54) is 0 Å². The molecule has 172 valence electrons. The van der Waals surface area contributed by atoms with Gasteiger partial charge in [0.1, 0.15) is 23.1 Å². The van der Waals surface area contributed by atoms with Gasteiger partial charge >= 0.3 is 5.97 Å². The molecule has 5 rings (SSSR count). The molecule has 0 spiro atoms. The van der Waals surface area contributed by atoms with Crippen LogP contribution in [-0.2, 0) is 10.3 Å². The molecule has 1 saturated carbocycles. The highest BCUT2D eigenvalue weighted by Gasteiger charge is 2.40. The van der Waals surface area contributed by atoms with Gasteiger partial charge in [-0.25, -0.2) is 19.7 Å². The van der Waals surface area contributed by atoms with Crippen molar-refractivity contribution in [3.63, 3.8) is 0 Å². The maximum Gasteiger partial charge on any atom is 0.340 e. The van der Waals surface area contributed by atoms with E-state index in [9.17, 15) is 4.79 Å². The Bertz CT molecular complexity index is 1260. The fraction of sp³-hybridized carbons (Fsp3) is 0.440. The van der Waals surface area contributed by atoms with Gasteiger partial charge in [-0.15, -0.1) is 0 Å². The van der Waals surface area contributed by atoms with Gasteiger partial charge in [0.05, 0.1) is 11.3 Å². The molecule has 3 aromatic rings. The molecular weight excluding hydrogens is 416 g/mol. The van der Waals surface area contributed by atoms with E-state index in [1.54, 1.807) is 12.1 Å². The summed E-state index contributed by atoms with van der Waals surface area (Å²) in [6.07, 6.45) is 6.00. The predicted molar refractivity (Wildman–Crippen MR) is 129 cm³/mol. The van der Waals surface area contributed by atoms with Crippen LogP contribution in [-0.4, -0.2) is 32.6 Å². The van der Waals surface area contributed by atoms with Crippen molar-refractivity contribution >= 4 is 34.2 Å². The molecule has 0 aromatic carbocycles. The van der Waals surface area contributed by atoms with E-state index >= 15 is 0 Å². The molecule has 8 heteroatoms. The minimum absolute atomic E-state index is 0.0386. The Morgan fingerprint density at radius 1 is 1.12 bits per heavy atom. The molecule has 1 atom stereocenters. The first-order valence-electron chi connectivity index (χ1n) is 11.4. The van der Waals surface area contributed by atoms with E-state index in [2.05, 4.69) is 20.6 Å². The molecular formula is C25H30N6O2. The summed E-state index contributed by atoms with van der Waals surface area (Å²) in [5, 5.41) is 8.73. The second kappa shape index (κ2) is 7.38. The quantitative estimate of drug-likeness (QED) is 0.488. The third kappa shape index (κ3) is 3.99. The van der Waals surface area contributed by atoms with Gasteiger partial charge in [0.25, 0.3) is 0 Å². The molecule has 0 saturated heterocycles. The lowest BCUT2D eigenvalue weighted by molar-refractivity contribution is -0.0189. The van der Waals surface area contributed by atoms with Gasteiger partial charge in [-0.05, 0) is 69.7 Å². The van der Waals surface area contributed by atoms with Gasteiger partial charge in [0.2, 0.25) is 0 Å². The van der Waals surface area contributed by atoms with Crippen molar-refractivity contribution in [1.82, 2.24) is 15.0 Å². The first kappa shape index (κ1) is 21.6. The van der Waals surface area contributed by atoms with Gasteiger partial charge in [-0.3, -0.25) is 0 Å². The number of carbonyl (C=O) groups is 1. The Labute approximate surface area is 193 Å². The van der Waals surface area contributed by atoms with E-state index < -0.39 is 11.1 Å². The third-order valence-electron chi connectivity index (χ3n) is 6.59. The highest BCUT2D eigenvalue weighted by Crippen LogP contribution is 2.38. The topological polar surface area (TPSA) is 115 Å². The van der Waals surface area contributed by atoms with Crippen molar-refractivity contribution in [2.45, 2.75) is 70.6 Å². The fourth-order valence-corrected chi connectivity index (χ4v) is 4.14. The maximum absolute atomic E-state index is 12.4. The summed E-state index contributed by atoms with van der Waals surface area (Å²) in [4.78, 5) is 26.4. The van der Waals surface area contributed by atoms with E-state index in [-0.39, 0.29) is 11.9 Å². The van der Waals surface area contributed by atoms with Crippen LogP contribution in [0.25, 0.3) is 10.8 Å². The van der Waals surface area contributed by atoms with Crippen molar-refractivity contribution in [2.24, 2.45) is 5.73 Å². The van der Waals surface area contributed by atoms with Crippen LogP contribution in [0.2, 0.25) is 0 Å². The monoisotopic (exact) mass is 446 g/mol. The van der Waals surface area contributed by atoms with Crippen LogP contribution in [0.1, 0.15) is 75.0 Å². The normalized spacial score (nSPS) is 19.7. The zero-order valence-electron chi connectivity index (χ0n) is 19.7. The van der Waals surface area contributed by atoms with Crippen molar-refractivity contribution in [2.75, 3.05) is 10.6 Å². The molecule has 0 unspecified atom stereocenters. The highest BCUT2D eigenvalue weighted by atomic mass is 16.6. The molecule has 8 nitrogen and oxygen atoms in total. The lowest BCUT2D eigenvalue weighted by Crippen LogP contribution is -2.39. The van der Waals surface area contributed by atoms with Gasteiger partial charge in [-0.2, -0.15) is 0 Å². The number of nitrogens with one attached hydrogen (secondary N) is 2. The number of hydrogen-bond acceptors (Lipinski definition) is 8. The zero-order valence-corrected chi connectivity index (χ0v) is 19.7. The molecule has 33 heavy (non-hydrogen) atoms. The van der Waals surface area contributed by atoms with Crippen LogP contribution in [0, 0.1) is 0 Å². The molecule has 4 N–H and O–H groups in total. The van der Waals surface area contributed by atoms with Gasteiger partial charge in [0, 0.05) is 35.3 Å². The first-order chi connectivity index (χ1) is 15.5. The molecule has 0 bridgehead atoms. The number of rotatable bonds is 5. The summed E-state index contributed by atoms with van der Waals surface area (Å²) in [5.74, 6) is 1.73. The summed E-state index contributed by atoms with van der Waals surface area (Å²) in [6.45, 7) is 9.77. The van der Waals surface area contributed by atoms with Gasteiger partial charge in [0.15, 0.2) is 0 Å². The summed E-state index contributed by atoms with van der Waals surface area (Å²) >= 11 is 0. The van der Waals surface area contributed by atoms with Gasteiger partial charge < -0.3 is 21.1 Å². The summed E-state index contributed by atoms with van der Waals surface area (Å²) in [5.41, 5.74) is 7.47. The smallest absolute Gasteiger partial charge is 0.340 e. The van der Waals surface area contributed by atoms with Crippen LogP contribution >= 0.6 is 0 Å². The SMILES string of the molecule is C[C@@H]1c2nc(Nc3cc4c(C(C)(C)N)cnc(NC5CC5)c4cn3)ccc2C(=O)OC1(C)C. The number of esters is 1. The van der Waals surface area contributed by atoms with E-state index in [1.807, 2.05) is 53.1 Å². The van der Waals surface area contributed by atoms with Crippen LogP contribution in [0.3, 0.4) is 0 Å². The number of cyclic esters (lactones) is 1. The van der Waals surface area contributed by atoms with Crippen molar-refractivity contribution in [3.05, 3.63) is 47.4 Å². The summed E-state index contributed by atoms with van der Waals surface area (Å²) in [6, 6.07) is 6.00. The number of pyridine rings is 3. The van der Waals surface area contributed by atoms with Crippen LogP contribution in [0.15, 0.2) is 30.6 Å². The second-order valence-electron chi connectivity index (χ2n) is 10.2. The van der Waals surface area contributed by atoms with Crippen LogP contribution < -0.4 is 16.4 Å². The van der Waals surface area contributed by atoms with Crippen LogP contribution in [0.5, 0.6) is 0 Å². The average Bonchev–Trinajstić information content (AvgIpc) is 3.55. The van der Waals surface area contributed by atoms with Crippen molar-refractivity contribution in [1.29, 1.82) is 0 Å². The lowest BCUT2D eigenvalue weighted by atomic mass is 9.84. The zero-order chi connectivity index (χ0) is 23.5. The molecule has 1 fully saturated rings. The summed E-state index contributed by atoms with van der Waals surface area (Å²) < 4.78 is 5.57. The highest BCUT2D eigenvalue weighted by molar-refractivity contribution is 5.96. The maximum atomic E-state index is 12.4. The number of aromatic nitrogens is 3. The Morgan fingerprint density at radius 3 is 2.58 bits per heavy atom. The van der Waals surface area contributed by atoms with Crippen molar-refractivity contribution in [3.8, 4) is 0 Å². The Morgan fingerprint density at radius 2 is 1.88 bits per heavy atom. The molecule has 1 aliphatic carbocycles. The van der Waals surface area contributed by atoms with E-state index in [4.69, 9.17) is 15.5 Å². The molecule has 0 radical (unpaired) electrons. The predicted octanol–water partition coefficient (Wildman–Crippen LogP) is 4.59. The molecule has 2 aliphatic rings. The first-order valence-corrected chi connectivity index (χ1v) is 11.4. The fourth-order valence-electron chi connectivity index (χ4n) is 4.14. The average molecular weight is 447 g/mol. The number of carbonyl (C=O) groups excluding carboxylic acids is 1. The number of nitrogens with zero attached hydrogens (tertiary/aromatic N) is 3. The van der Waals surface area contributed by atoms with E-state index in [0.29, 0.717) is 23.2 Å². The number of anilines is 3. The Hall–Kier alpha value is -3.26. The number of nitrogens with two attached hydrogens (primary N) is 1. The number of ether oxygens (including phenoxy) is 1. The lowest BCUT2D eigenvalue weighted by Gasteiger charge is -2.36. The second-order valence-corrected chi connectivity index (χ2v) is 10.2. The van der Waals surface area contributed by atoms with Crippen molar-refractivity contribution < 1.29 is 9.53 Å². The summed E-state index contributed by atoms with van der Waals surface area (Å²) in [7, 11) is 0. The number of hydrogen-bond donors (Lipinski definition) is 3. The molecule has 0 amide bonds. The molecule has 1 aliphatic heterocycles.